The highest BCUT2D eigenvalue weighted by molar-refractivity contribution is 7.92. The van der Waals surface area contributed by atoms with Crippen LogP contribution in [0.5, 0.6) is 0 Å². The third-order valence-electron chi connectivity index (χ3n) is 5.03. The van der Waals surface area contributed by atoms with Crippen molar-refractivity contribution >= 4 is 27.4 Å². The van der Waals surface area contributed by atoms with E-state index < -0.39 is 32.5 Å². The maximum Gasteiger partial charge on any atom is 0.328 e. The predicted octanol–water partition coefficient (Wildman–Crippen LogP) is 3.10. The van der Waals surface area contributed by atoms with Gasteiger partial charge in [0, 0.05) is 10.9 Å². The number of hydrogen-bond donors (Lipinski definition) is 1. The van der Waals surface area contributed by atoms with Gasteiger partial charge in [0.05, 0.1) is 11.5 Å². The second-order valence-electron chi connectivity index (χ2n) is 6.65. The zero-order valence-electron chi connectivity index (χ0n) is 15.2. The lowest BCUT2D eigenvalue weighted by molar-refractivity contribution is -0.145. The maximum atomic E-state index is 13.2. The van der Waals surface area contributed by atoms with Crippen molar-refractivity contribution in [2.75, 3.05) is 6.61 Å². The molecule has 1 aliphatic carbocycles. The van der Waals surface area contributed by atoms with Gasteiger partial charge in [0.2, 0.25) is 0 Å². The Hall–Kier alpha value is -1.89. The van der Waals surface area contributed by atoms with E-state index in [2.05, 4.69) is 0 Å². The van der Waals surface area contributed by atoms with Crippen LogP contribution in [0.25, 0.3) is 0 Å². The summed E-state index contributed by atoms with van der Waals surface area (Å²) in [5.41, 5.74) is 6.57. The van der Waals surface area contributed by atoms with Gasteiger partial charge >= 0.3 is 5.97 Å². The fraction of sp³-hybridized carbons (Fsp3) is 0.350. The molecule has 0 aromatic heterocycles. The molecule has 1 saturated carbocycles. The van der Waals surface area contributed by atoms with Gasteiger partial charge < -0.3 is 10.5 Å². The first-order valence-electron chi connectivity index (χ1n) is 8.81. The van der Waals surface area contributed by atoms with Gasteiger partial charge in [-0.3, -0.25) is 0 Å². The van der Waals surface area contributed by atoms with E-state index in [0.29, 0.717) is 10.6 Å². The van der Waals surface area contributed by atoms with Gasteiger partial charge in [0.15, 0.2) is 9.84 Å². The predicted molar refractivity (Wildman–Crippen MR) is 105 cm³/mol. The van der Waals surface area contributed by atoms with Crippen molar-refractivity contribution in [3.63, 3.8) is 0 Å². The molecular weight excluding hydrogens is 386 g/mol. The average molecular weight is 408 g/mol. The number of carbonyl (C=O) groups excluding carboxylic acids is 1. The molecule has 2 aromatic rings. The van der Waals surface area contributed by atoms with E-state index in [1.807, 2.05) is 31.2 Å². The van der Waals surface area contributed by atoms with Crippen molar-refractivity contribution in [3.05, 3.63) is 64.7 Å². The Kier molecular flexibility index (Phi) is 5.34. The van der Waals surface area contributed by atoms with E-state index >= 15 is 0 Å². The molecule has 0 amide bonds. The summed E-state index contributed by atoms with van der Waals surface area (Å²) in [7, 11) is -3.85. The lowest BCUT2D eigenvalue weighted by Gasteiger charge is -2.11. The number of aryl methyl sites for hydroxylation is 1. The summed E-state index contributed by atoms with van der Waals surface area (Å²) in [4.78, 5) is 12.6. The first-order valence-corrected chi connectivity index (χ1v) is 10.7. The largest absolute Gasteiger partial charge is 0.465 e. The molecule has 0 aliphatic heterocycles. The Morgan fingerprint density at radius 3 is 2.22 bits per heavy atom. The Bertz CT molecular complexity index is 941. The van der Waals surface area contributed by atoms with E-state index in [-0.39, 0.29) is 11.5 Å². The van der Waals surface area contributed by atoms with E-state index in [1.54, 1.807) is 6.92 Å². The van der Waals surface area contributed by atoms with Crippen molar-refractivity contribution in [1.82, 2.24) is 0 Å². The molecule has 3 atom stereocenters. The van der Waals surface area contributed by atoms with Crippen LogP contribution in [-0.2, 0) is 25.8 Å². The van der Waals surface area contributed by atoms with Gasteiger partial charge in [-0.05, 0) is 48.7 Å². The molecule has 3 rings (SSSR count). The molecule has 1 aliphatic rings. The third-order valence-corrected chi connectivity index (χ3v) is 7.54. The monoisotopic (exact) mass is 407 g/mol. The van der Waals surface area contributed by atoms with Gasteiger partial charge in [-0.2, -0.15) is 0 Å². The highest BCUT2D eigenvalue weighted by atomic mass is 35.5. The van der Waals surface area contributed by atoms with Gasteiger partial charge in [-0.1, -0.05) is 42.8 Å². The fourth-order valence-electron chi connectivity index (χ4n) is 3.49. The first kappa shape index (κ1) is 19.9. The maximum absolute atomic E-state index is 13.2. The highest BCUT2D eigenvalue weighted by Gasteiger charge is 2.74. The van der Waals surface area contributed by atoms with Crippen LogP contribution in [0.2, 0.25) is 5.02 Å². The number of sulfone groups is 1. The van der Waals surface area contributed by atoms with E-state index in [4.69, 9.17) is 22.1 Å². The van der Waals surface area contributed by atoms with Crippen molar-refractivity contribution in [1.29, 1.82) is 0 Å². The summed E-state index contributed by atoms with van der Waals surface area (Å²) in [6.45, 7) is 3.83. The SMILES string of the molecule is CCOC(=O)[C@@]1(N)[C@H](c2ccc(CC)cc2)[C@@H]1S(=O)(=O)c1ccc(Cl)cc1. The van der Waals surface area contributed by atoms with Crippen LogP contribution in [0.15, 0.2) is 53.4 Å². The Labute approximate surface area is 164 Å². The topological polar surface area (TPSA) is 86.5 Å². The van der Waals surface area contributed by atoms with E-state index in [1.165, 1.54) is 24.3 Å². The van der Waals surface area contributed by atoms with E-state index in [0.717, 1.165) is 12.0 Å². The van der Waals surface area contributed by atoms with Gasteiger partial charge in [-0.25, -0.2) is 13.2 Å². The Morgan fingerprint density at radius 1 is 1.11 bits per heavy atom. The molecule has 2 aromatic carbocycles. The molecular formula is C20H22ClNO4S. The number of carbonyl (C=O) groups is 1. The summed E-state index contributed by atoms with van der Waals surface area (Å²) in [6, 6.07) is 13.4. The van der Waals surface area contributed by atoms with E-state index in [9.17, 15) is 13.2 Å². The molecule has 27 heavy (non-hydrogen) atoms. The van der Waals surface area contributed by atoms with Crippen LogP contribution < -0.4 is 5.73 Å². The summed E-state index contributed by atoms with van der Waals surface area (Å²) in [5.74, 6) is -1.36. The highest BCUT2D eigenvalue weighted by Crippen LogP contribution is 2.56. The van der Waals surface area contributed by atoms with Gasteiger partial charge in [-0.15, -0.1) is 0 Å². The van der Waals surface area contributed by atoms with Crippen LogP contribution >= 0.6 is 11.6 Å². The Morgan fingerprint density at radius 2 is 1.70 bits per heavy atom. The number of hydrogen-bond acceptors (Lipinski definition) is 5. The summed E-state index contributed by atoms with van der Waals surface area (Å²) < 4.78 is 31.5. The number of nitrogens with two attached hydrogens (primary N) is 1. The molecule has 7 heteroatoms. The summed E-state index contributed by atoms with van der Waals surface area (Å²) >= 11 is 5.86. The Balaban J connectivity index is 2.04. The average Bonchev–Trinajstić information content (AvgIpc) is 3.31. The van der Waals surface area contributed by atoms with Crippen molar-refractivity contribution in [2.24, 2.45) is 5.73 Å². The minimum Gasteiger partial charge on any atom is -0.465 e. The van der Waals surface area contributed by atoms with Crippen LogP contribution in [0.1, 0.15) is 30.9 Å². The number of benzene rings is 2. The van der Waals surface area contributed by atoms with Crippen LogP contribution in [0.4, 0.5) is 0 Å². The minimum absolute atomic E-state index is 0.0868. The quantitative estimate of drug-likeness (QED) is 0.743. The lowest BCUT2D eigenvalue weighted by Crippen LogP contribution is -2.41. The molecule has 0 saturated heterocycles. The van der Waals surface area contributed by atoms with Gasteiger partial charge in [0.25, 0.3) is 0 Å². The third kappa shape index (κ3) is 3.37. The minimum atomic E-state index is -3.85. The van der Waals surface area contributed by atoms with Crippen LogP contribution in [-0.4, -0.2) is 31.8 Å². The molecule has 144 valence electrons. The zero-order valence-corrected chi connectivity index (χ0v) is 16.8. The molecule has 0 bridgehead atoms. The molecule has 0 radical (unpaired) electrons. The van der Waals surface area contributed by atoms with Crippen molar-refractivity contribution in [2.45, 2.75) is 41.9 Å². The number of ether oxygens (including phenoxy) is 1. The molecule has 1 fully saturated rings. The smallest absolute Gasteiger partial charge is 0.328 e. The van der Waals surface area contributed by atoms with Gasteiger partial charge in [0.1, 0.15) is 10.8 Å². The normalized spacial score (nSPS) is 24.4. The molecule has 0 spiro atoms. The van der Waals surface area contributed by atoms with Crippen LogP contribution in [0, 0.1) is 0 Å². The fourth-order valence-corrected chi connectivity index (χ4v) is 5.84. The molecule has 0 unspecified atom stereocenters. The second-order valence-corrected chi connectivity index (χ2v) is 9.15. The number of rotatable bonds is 6. The first-order chi connectivity index (χ1) is 12.8. The standard InChI is InChI=1S/C20H22ClNO4S/c1-3-13-5-7-14(8-6-13)17-18(20(17,22)19(23)26-4-2)27(24,25)16-11-9-15(21)10-12-16/h5-12,17-18H,3-4,22H2,1-2H3/t17-,18+,20-/m1/s1. The lowest BCUT2D eigenvalue weighted by atomic mass is 10.0. The summed E-state index contributed by atoms with van der Waals surface area (Å²) in [5, 5.41) is -0.654. The summed E-state index contributed by atoms with van der Waals surface area (Å²) in [6.07, 6.45) is 0.864. The number of halogens is 1. The number of esters is 1. The second kappa shape index (κ2) is 7.26. The molecule has 5 nitrogen and oxygen atoms in total. The molecule has 2 N–H and O–H groups in total. The van der Waals surface area contributed by atoms with Crippen LogP contribution in [0.3, 0.4) is 0 Å². The van der Waals surface area contributed by atoms with Crippen molar-refractivity contribution < 1.29 is 17.9 Å². The molecule has 0 heterocycles. The van der Waals surface area contributed by atoms with Crippen molar-refractivity contribution in [3.8, 4) is 0 Å². The zero-order chi connectivity index (χ0) is 19.8.